The van der Waals surface area contributed by atoms with E-state index in [1.807, 2.05) is 24.3 Å². The molecular weight excluding hydrogens is 446 g/mol. The van der Waals surface area contributed by atoms with Gasteiger partial charge in [-0.05, 0) is 75.8 Å². The first kappa shape index (κ1) is 24.2. The molecule has 1 saturated heterocycles. The summed E-state index contributed by atoms with van der Waals surface area (Å²) in [5.74, 6) is 1.52. The molecule has 0 saturated carbocycles. The van der Waals surface area contributed by atoms with Gasteiger partial charge in [-0.2, -0.15) is 0 Å². The molecule has 2 aromatic carbocycles. The summed E-state index contributed by atoms with van der Waals surface area (Å²) in [6, 6.07) is 22.9. The Morgan fingerprint density at radius 1 is 0.917 bits per heavy atom. The van der Waals surface area contributed by atoms with E-state index in [0.29, 0.717) is 18.5 Å². The molecule has 0 bridgehead atoms. The maximum Gasteiger partial charge on any atom is 0.221 e. The minimum absolute atomic E-state index is 0.0769. The number of rotatable bonds is 6. The molecule has 1 N–H and O–H groups in total. The number of fused-ring (bicyclic) bond motifs is 1. The Balaban J connectivity index is 1.37. The number of anilines is 1. The summed E-state index contributed by atoms with van der Waals surface area (Å²) in [5.41, 5.74) is 3.09. The zero-order valence-electron chi connectivity index (χ0n) is 21.8. The first-order chi connectivity index (χ1) is 17.2. The fraction of sp³-hybridized carbons (Fsp3) is 0.367. The van der Waals surface area contributed by atoms with Crippen molar-refractivity contribution in [2.24, 2.45) is 0 Å². The highest BCUT2D eigenvalue weighted by Gasteiger charge is 2.39. The highest BCUT2D eigenvalue weighted by molar-refractivity contribution is 5.90. The summed E-state index contributed by atoms with van der Waals surface area (Å²) in [7, 11) is 2.13. The Labute approximate surface area is 213 Å². The number of piperidine rings is 1. The van der Waals surface area contributed by atoms with E-state index in [1.54, 1.807) is 6.20 Å². The van der Waals surface area contributed by atoms with Gasteiger partial charge in [0.2, 0.25) is 5.88 Å². The van der Waals surface area contributed by atoms with Gasteiger partial charge in [0.25, 0.3) is 0 Å². The van der Waals surface area contributed by atoms with Crippen LogP contribution in [0.3, 0.4) is 0 Å². The van der Waals surface area contributed by atoms with Crippen LogP contribution in [0, 0.1) is 0 Å². The topological polar surface area (TPSA) is 63.2 Å². The van der Waals surface area contributed by atoms with Crippen LogP contribution in [0.4, 0.5) is 5.82 Å². The molecule has 0 atom stereocenters. The zero-order valence-corrected chi connectivity index (χ0v) is 21.8. The van der Waals surface area contributed by atoms with Crippen molar-refractivity contribution in [2.45, 2.75) is 64.3 Å². The number of ether oxygens (including phenoxy) is 1. The zero-order chi connectivity index (χ0) is 25.3. The predicted octanol–water partition coefficient (Wildman–Crippen LogP) is 6.02. The molecule has 2 aromatic heterocycles. The molecule has 0 amide bonds. The fourth-order valence-corrected chi connectivity index (χ4v) is 5.54. The second-order valence-corrected chi connectivity index (χ2v) is 11.2. The van der Waals surface area contributed by atoms with Crippen molar-refractivity contribution in [3.8, 4) is 17.1 Å². The molecule has 0 unspecified atom stereocenters. The van der Waals surface area contributed by atoms with Crippen LogP contribution in [-0.2, 0) is 6.61 Å². The van der Waals surface area contributed by atoms with Crippen molar-refractivity contribution in [1.82, 2.24) is 20.5 Å². The van der Waals surface area contributed by atoms with E-state index >= 15 is 0 Å². The number of nitrogens with one attached hydrogen (secondary N) is 1. The lowest BCUT2D eigenvalue weighted by Crippen LogP contribution is -2.62. The van der Waals surface area contributed by atoms with E-state index in [-0.39, 0.29) is 11.1 Å². The summed E-state index contributed by atoms with van der Waals surface area (Å²) in [4.78, 5) is 6.78. The highest BCUT2D eigenvalue weighted by Crippen LogP contribution is 2.33. The lowest BCUT2D eigenvalue weighted by atomic mass is 9.79. The van der Waals surface area contributed by atoms with Gasteiger partial charge < -0.3 is 15.0 Å². The molecule has 186 valence electrons. The van der Waals surface area contributed by atoms with Crippen molar-refractivity contribution in [3.63, 3.8) is 0 Å². The van der Waals surface area contributed by atoms with Crippen LogP contribution in [0.25, 0.3) is 22.0 Å². The summed E-state index contributed by atoms with van der Waals surface area (Å²) in [6.07, 6.45) is 3.90. The Bertz CT molecular complexity index is 1320. The van der Waals surface area contributed by atoms with Gasteiger partial charge in [0.15, 0.2) is 5.82 Å². The van der Waals surface area contributed by atoms with Crippen molar-refractivity contribution in [3.05, 3.63) is 78.5 Å². The fourth-order valence-electron chi connectivity index (χ4n) is 5.54. The first-order valence-electron chi connectivity index (χ1n) is 12.6. The molecule has 3 heterocycles. The highest BCUT2D eigenvalue weighted by atomic mass is 16.5. The van der Waals surface area contributed by atoms with Crippen LogP contribution < -0.4 is 15.0 Å². The van der Waals surface area contributed by atoms with Gasteiger partial charge in [0, 0.05) is 41.3 Å². The maximum absolute atomic E-state index is 6.09. The molecule has 0 radical (unpaired) electrons. The Morgan fingerprint density at radius 2 is 1.67 bits per heavy atom. The summed E-state index contributed by atoms with van der Waals surface area (Å²) in [5, 5.41) is 15.0. The van der Waals surface area contributed by atoms with Crippen LogP contribution in [0.2, 0.25) is 0 Å². The van der Waals surface area contributed by atoms with E-state index in [9.17, 15) is 0 Å². The van der Waals surface area contributed by atoms with Crippen LogP contribution in [0.1, 0.15) is 46.1 Å². The molecule has 6 heteroatoms. The average molecular weight is 482 g/mol. The third-order valence-corrected chi connectivity index (χ3v) is 6.97. The lowest BCUT2D eigenvalue weighted by Gasteiger charge is -2.49. The second-order valence-electron chi connectivity index (χ2n) is 11.2. The molecule has 1 aliphatic rings. The molecule has 0 aliphatic carbocycles. The summed E-state index contributed by atoms with van der Waals surface area (Å²) < 4.78 is 6.09. The molecule has 1 aliphatic heterocycles. The van der Waals surface area contributed by atoms with Gasteiger partial charge in [-0.3, -0.25) is 0 Å². The van der Waals surface area contributed by atoms with Gasteiger partial charge >= 0.3 is 0 Å². The van der Waals surface area contributed by atoms with Gasteiger partial charge in [-0.25, -0.2) is 4.98 Å². The molecule has 36 heavy (non-hydrogen) atoms. The molecule has 4 aromatic rings. The molecule has 0 spiro atoms. The van der Waals surface area contributed by atoms with Gasteiger partial charge in [-0.15, -0.1) is 10.2 Å². The first-order valence-corrected chi connectivity index (χ1v) is 12.6. The SMILES string of the molecule is CN(c1ccc(-c2ccc3ccnc(OCc4ccccc4)c3c2)nn1)C1CC(C)(C)NC(C)(C)C1. The third-order valence-electron chi connectivity index (χ3n) is 6.97. The molecule has 5 rings (SSSR count). The normalized spacial score (nSPS) is 17.1. The van der Waals surface area contributed by atoms with Gasteiger partial charge in [0.05, 0.1) is 5.69 Å². The number of pyridine rings is 1. The number of benzene rings is 2. The largest absolute Gasteiger partial charge is 0.472 e. The average Bonchev–Trinajstić information content (AvgIpc) is 2.85. The van der Waals surface area contributed by atoms with E-state index in [1.165, 1.54) is 0 Å². The standard InChI is InChI=1S/C30H35N5O/c1-29(2)18-24(19-30(3,4)34-29)35(5)27-14-13-26(32-33-27)23-12-11-22-15-16-31-28(25(22)17-23)36-20-21-9-7-6-8-10-21/h6-17,24,34H,18-20H2,1-5H3. The van der Waals surface area contributed by atoms with Crippen LogP contribution in [0.5, 0.6) is 5.88 Å². The summed E-state index contributed by atoms with van der Waals surface area (Å²) >= 11 is 0. The Kier molecular flexibility index (Phi) is 6.39. The Morgan fingerprint density at radius 3 is 2.36 bits per heavy atom. The second kappa shape index (κ2) is 9.51. The van der Waals surface area contributed by atoms with Crippen molar-refractivity contribution >= 4 is 16.6 Å². The van der Waals surface area contributed by atoms with E-state index in [4.69, 9.17) is 4.74 Å². The molecule has 1 fully saturated rings. The monoisotopic (exact) mass is 481 g/mol. The third kappa shape index (κ3) is 5.34. The smallest absolute Gasteiger partial charge is 0.221 e. The van der Waals surface area contributed by atoms with E-state index in [2.05, 4.69) is 103 Å². The van der Waals surface area contributed by atoms with Crippen molar-refractivity contribution in [2.75, 3.05) is 11.9 Å². The lowest BCUT2D eigenvalue weighted by molar-refractivity contribution is 0.160. The van der Waals surface area contributed by atoms with E-state index in [0.717, 1.165) is 46.3 Å². The minimum atomic E-state index is 0.0769. The maximum atomic E-state index is 6.09. The van der Waals surface area contributed by atoms with Crippen molar-refractivity contribution < 1.29 is 4.74 Å². The number of aromatic nitrogens is 3. The minimum Gasteiger partial charge on any atom is -0.472 e. The number of nitrogens with zero attached hydrogens (tertiary/aromatic N) is 4. The van der Waals surface area contributed by atoms with Crippen LogP contribution in [0.15, 0.2) is 72.9 Å². The Hall–Kier alpha value is -3.51. The van der Waals surface area contributed by atoms with Crippen LogP contribution in [-0.4, -0.2) is 39.3 Å². The molecular formula is C30H35N5O. The molecule has 6 nitrogen and oxygen atoms in total. The van der Waals surface area contributed by atoms with E-state index < -0.39 is 0 Å². The number of hydrogen-bond donors (Lipinski definition) is 1. The predicted molar refractivity (Wildman–Crippen MR) is 146 cm³/mol. The number of hydrogen-bond acceptors (Lipinski definition) is 6. The van der Waals surface area contributed by atoms with Gasteiger partial charge in [0.1, 0.15) is 6.61 Å². The quantitative estimate of drug-likeness (QED) is 0.364. The van der Waals surface area contributed by atoms with Crippen molar-refractivity contribution in [1.29, 1.82) is 0 Å². The summed E-state index contributed by atoms with van der Waals surface area (Å²) in [6.45, 7) is 9.57. The van der Waals surface area contributed by atoms with Crippen LogP contribution >= 0.6 is 0 Å². The van der Waals surface area contributed by atoms with Gasteiger partial charge in [-0.1, -0.05) is 42.5 Å².